The molecule has 1 amide bonds. The predicted molar refractivity (Wildman–Crippen MR) is 55.5 cm³/mol. The minimum absolute atomic E-state index is 0.286. The molecule has 0 unspecified atom stereocenters. The first-order valence-corrected chi connectivity index (χ1v) is 4.98. The van der Waals surface area contributed by atoms with Crippen LogP contribution in [0.4, 0.5) is 4.39 Å². The van der Waals surface area contributed by atoms with E-state index in [1.54, 1.807) is 26.0 Å². The molecule has 0 heterocycles. The molecule has 0 aliphatic carbocycles. The van der Waals surface area contributed by atoms with Crippen molar-refractivity contribution in [3.63, 3.8) is 0 Å². The Morgan fingerprint density at radius 2 is 1.86 bits per heavy atom. The Kier molecular flexibility index (Phi) is 3.16. The first-order chi connectivity index (χ1) is 6.42. The SMILES string of the molecule is CC(C)(Sc1ccc(F)cc1)C(N)=O. The molecule has 4 heteroatoms. The molecule has 0 radical (unpaired) electrons. The van der Waals surface area contributed by atoms with Crippen molar-refractivity contribution >= 4 is 17.7 Å². The van der Waals surface area contributed by atoms with Gasteiger partial charge < -0.3 is 5.73 Å². The molecular weight excluding hydrogens is 201 g/mol. The second kappa shape index (κ2) is 4.00. The number of hydrogen-bond donors (Lipinski definition) is 1. The fourth-order valence-electron chi connectivity index (χ4n) is 0.848. The Morgan fingerprint density at radius 1 is 1.36 bits per heavy atom. The summed E-state index contributed by atoms with van der Waals surface area (Å²) in [5.41, 5.74) is 5.21. The van der Waals surface area contributed by atoms with Gasteiger partial charge in [-0.3, -0.25) is 4.79 Å². The van der Waals surface area contributed by atoms with Gasteiger partial charge in [-0.25, -0.2) is 4.39 Å². The van der Waals surface area contributed by atoms with Gasteiger partial charge in [-0.1, -0.05) is 0 Å². The summed E-state index contributed by atoms with van der Waals surface area (Å²) in [5, 5.41) is 0. The molecule has 1 aromatic carbocycles. The molecule has 1 rings (SSSR count). The molecule has 0 aliphatic heterocycles. The summed E-state index contributed by atoms with van der Waals surface area (Å²) < 4.78 is 11.9. The average Bonchev–Trinajstić information content (AvgIpc) is 2.08. The molecule has 0 atom stereocenters. The highest BCUT2D eigenvalue weighted by Gasteiger charge is 2.26. The summed E-state index contributed by atoms with van der Waals surface area (Å²) in [4.78, 5) is 11.8. The minimum atomic E-state index is -0.669. The van der Waals surface area contributed by atoms with E-state index in [0.717, 1.165) is 4.90 Å². The second-order valence-electron chi connectivity index (χ2n) is 3.43. The van der Waals surface area contributed by atoms with Crippen molar-refractivity contribution in [3.05, 3.63) is 30.1 Å². The van der Waals surface area contributed by atoms with Crippen LogP contribution in [-0.2, 0) is 4.79 Å². The van der Waals surface area contributed by atoms with Crippen molar-refractivity contribution in [2.45, 2.75) is 23.5 Å². The number of benzene rings is 1. The molecule has 76 valence electrons. The highest BCUT2D eigenvalue weighted by molar-refractivity contribution is 8.01. The normalized spacial score (nSPS) is 11.4. The van der Waals surface area contributed by atoms with Gasteiger partial charge in [0, 0.05) is 4.90 Å². The Morgan fingerprint density at radius 3 is 2.29 bits per heavy atom. The quantitative estimate of drug-likeness (QED) is 0.782. The van der Waals surface area contributed by atoms with Gasteiger partial charge in [-0.05, 0) is 38.1 Å². The molecule has 14 heavy (non-hydrogen) atoms. The molecule has 1 aromatic rings. The van der Waals surface area contributed by atoms with Gasteiger partial charge in [0.2, 0.25) is 5.91 Å². The molecule has 2 nitrogen and oxygen atoms in total. The molecule has 0 spiro atoms. The van der Waals surface area contributed by atoms with Gasteiger partial charge in [0.15, 0.2) is 0 Å². The molecule has 2 N–H and O–H groups in total. The zero-order valence-corrected chi connectivity index (χ0v) is 8.90. The summed E-state index contributed by atoms with van der Waals surface area (Å²) in [6, 6.07) is 5.98. The van der Waals surface area contributed by atoms with Gasteiger partial charge in [0.1, 0.15) is 5.82 Å². The van der Waals surface area contributed by atoms with Crippen molar-refractivity contribution in [2.75, 3.05) is 0 Å². The largest absolute Gasteiger partial charge is 0.368 e. The zero-order chi connectivity index (χ0) is 10.8. The number of rotatable bonds is 3. The van der Waals surface area contributed by atoms with Crippen LogP contribution in [0, 0.1) is 5.82 Å². The van der Waals surface area contributed by atoms with Gasteiger partial charge in [0.25, 0.3) is 0 Å². The Labute approximate surface area is 86.7 Å². The van der Waals surface area contributed by atoms with Crippen molar-refractivity contribution in [2.24, 2.45) is 5.73 Å². The summed E-state index contributed by atoms with van der Waals surface area (Å²) in [7, 11) is 0. The maximum absolute atomic E-state index is 12.6. The number of nitrogens with two attached hydrogens (primary N) is 1. The Hall–Kier alpha value is -1.03. The maximum Gasteiger partial charge on any atom is 0.233 e. The van der Waals surface area contributed by atoms with Crippen LogP contribution in [0.1, 0.15) is 13.8 Å². The van der Waals surface area contributed by atoms with Crippen LogP contribution >= 0.6 is 11.8 Å². The van der Waals surface area contributed by atoms with E-state index in [-0.39, 0.29) is 11.7 Å². The van der Waals surface area contributed by atoms with Crippen molar-refractivity contribution in [1.82, 2.24) is 0 Å². The Bertz CT molecular complexity index is 334. The standard InChI is InChI=1S/C10H12FNOS/c1-10(2,9(12)13)14-8-5-3-7(11)4-6-8/h3-6H,1-2H3,(H2,12,13). The molecule has 0 aromatic heterocycles. The number of carbonyl (C=O) groups is 1. The van der Waals surface area contributed by atoms with E-state index in [4.69, 9.17) is 5.73 Å². The number of carbonyl (C=O) groups excluding carboxylic acids is 1. The van der Waals surface area contributed by atoms with Crippen molar-refractivity contribution < 1.29 is 9.18 Å². The number of hydrogen-bond acceptors (Lipinski definition) is 2. The van der Waals surface area contributed by atoms with E-state index < -0.39 is 4.75 Å². The molecule has 0 saturated heterocycles. The third-order valence-corrected chi connectivity index (χ3v) is 3.00. The maximum atomic E-state index is 12.6. The monoisotopic (exact) mass is 213 g/mol. The van der Waals surface area contributed by atoms with Crippen LogP contribution in [0.5, 0.6) is 0 Å². The van der Waals surface area contributed by atoms with E-state index in [1.165, 1.54) is 23.9 Å². The van der Waals surface area contributed by atoms with E-state index in [2.05, 4.69) is 0 Å². The van der Waals surface area contributed by atoms with E-state index in [0.29, 0.717) is 0 Å². The minimum Gasteiger partial charge on any atom is -0.368 e. The lowest BCUT2D eigenvalue weighted by atomic mass is 10.2. The van der Waals surface area contributed by atoms with E-state index >= 15 is 0 Å². The number of thioether (sulfide) groups is 1. The summed E-state index contributed by atoms with van der Waals surface area (Å²) >= 11 is 1.32. The van der Waals surface area contributed by atoms with Crippen LogP contribution in [0.3, 0.4) is 0 Å². The van der Waals surface area contributed by atoms with Crippen LogP contribution < -0.4 is 5.73 Å². The lowest BCUT2D eigenvalue weighted by Gasteiger charge is -2.19. The molecule has 0 saturated carbocycles. The summed E-state index contributed by atoms with van der Waals surface area (Å²) in [5.74, 6) is -0.668. The highest BCUT2D eigenvalue weighted by atomic mass is 32.2. The molecule has 0 bridgehead atoms. The average molecular weight is 213 g/mol. The van der Waals surface area contributed by atoms with Crippen molar-refractivity contribution in [1.29, 1.82) is 0 Å². The van der Waals surface area contributed by atoms with Crippen LogP contribution in [0.2, 0.25) is 0 Å². The lowest BCUT2D eigenvalue weighted by Crippen LogP contribution is -2.34. The highest BCUT2D eigenvalue weighted by Crippen LogP contribution is 2.31. The molecule has 0 fully saturated rings. The van der Waals surface area contributed by atoms with Gasteiger partial charge in [-0.2, -0.15) is 0 Å². The van der Waals surface area contributed by atoms with Crippen LogP contribution in [0.15, 0.2) is 29.2 Å². The van der Waals surface area contributed by atoms with Gasteiger partial charge in [0.05, 0.1) is 4.75 Å². The van der Waals surface area contributed by atoms with Gasteiger partial charge >= 0.3 is 0 Å². The first kappa shape index (κ1) is 11.0. The topological polar surface area (TPSA) is 43.1 Å². The number of halogens is 1. The third-order valence-electron chi connectivity index (χ3n) is 1.78. The van der Waals surface area contributed by atoms with Gasteiger partial charge in [-0.15, -0.1) is 11.8 Å². The summed E-state index contributed by atoms with van der Waals surface area (Å²) in [6.45, 7) is 3.48. The van der Waals surface area contributed by atoms with Crippen molar-refractivity contribution in [3.8, 4) is 0 Å². The Balaban J connectivity index is 2.79. The fourth-order valence-corrected chi connectivity index (χ4v) is 1.81. The predicted octanol–water partition coefficient (Wildman–Crippen LogP) is 2.18. The zero-order valence-electron chi connectivity index (χ0n) is 8.08. The fraction of sp³-hybridized carbons (Fsp3) is 0.300. The summed E-state index contributed by atoms with van der Waals surface area (Å²) in [6.07, 6.45) is 0. The van der Waals surface area contributed by atoms with E-state index in [9.17, 15) is 9.18 Å². The van der Waals surface area contributed by atoms with Crippen LogP contribution in [-0.4, -0.2) is 10.7 Å². The first-order valence-electron chi connectivity index (χ1n) is 4.16. The molecular formula is C10H12FNOS. The number of primary amides is 1. The van der Waals surface area contributed by atoms with E-state index in [1.807, 2.05) is 0 Å². The van der Waals surface area contributed by atoms with Crippen LogP contribution in [0.25, 0.3) is 0 Å². The lowest BCUT2D eigenvalue weighted by molar-refractivity contribution is -0.119. The second-order valence-corrected chi connectivity index (χ2v) is 5.13. The number of amides is 1. The smallest absolute Gasteiger partial charge is 0.233 e. The molecule has 0 aliphatic rings. The third kappa shape index (κ3) is 2.73.